The third kappa shape index (κ3) is 7.08. The Bertz CT molecular complexity index is 1370. The zero-order chi connectivity index (χ0) is 32.0. The number of nitrogens with zero attached hydrogens (tertiary/aromatic N) is 2. The van der Waals surface area contributed by atoms with Crippen LogP contribution in [0.1, 0.15) is 55.0 Å². The smallest absolute Gasteiger partial charge is 0.327 e. The largest absolute Gasteiger partial charge is 0.508 e. The van der Waals surface area contributed by atoms with Crippen LogP contribution in [0.3, 0.4) is 0 Å². The molecule has 238 valence electrons. The first-order valence-electron chi connectivity index (χ1n) is 14.2. The fourth-order valence-electron chi connectivity index (χ4n) is 5.38. The Labute approximate surface area is 272 Å². The Hall–Kier alpha value is -2.68. The van der Waals surface area contributed by atoms with Gasteiger partial charge in [0.2, 0.25) is 11.8 Å². The molecule has 0 bridgehead atoms. The highest BCUT2D eigenvalue weighted by molar-refractivity contribution is 8.76. The number of aliphatic carboxylic acids is 2. The standard InChI is InChI=1S/C30H36N2O8S4/c1-3-30(4-2,29(40)32-21(28(38)39)16-42-26(32)19-10-6-8-12-23(19)34)17-44-43-14-13-24(35)31-20(27(36)37)15-41-25(31)18-9-5-7-11-22(18)33/h5-12,20-21,25-26,33-34H,3-4,13-17H2,1-2H3,(H,36,37)(H,38,39)/t20-,21-,25?,26?/m0/s1. The molecule has 10 nitrogen and oxygen atoms in total. The van der Waals surface area contributed by atoms with E-state index in [1.54, 1.807) is 36.4 Å². The molecular formula is C30H36N2O8S4. The maximum Gasteiger partial charge on any atom is 0.327 e. The van der Waals surface area contributed by atoms with Crippen molar-refractivity contribution in [2.45, 2.75) is 55.9 Å². The summed E-state index contributed by atoms with van der Waals surface area (Å²) in [5, 5.41) is 39.3. The molecule has 2 aromatic rings. The van der Waals surface area contributed by atoms with Crippen LogP contribution >= 0.6 is 45.1 Å². The van der Waals surface area contributed by atoms with Crippen LogP contribution < -0.4 is 0 Å². The Morgan fingerprint density at radius 3 is 1.75 bits per heavy atom. The summed E-state index contributed by atoms with van der Waals surface area (Å²) in [6, 6.07) is 11.2. The van der Waals surface area contributed by atoms with Crippen molar-refractivity contribution in [2.75, 3.05) is 23.0 Å². The number of phenolic OH excluding ortho intramolecular Hbond substituents is 2. The van der Waals surface area contributed by atoms with Crippen LogP contribution in [0, 0.1) is 5.41 Å². The highest BCUT2D eigenvalue weighted by Crippen LogP contribution is 2.49. The molecule has 2 unspecified atom stereocenters. The van der Waals surface area contributed by atoms with E-state index in [0.717, 1.165) is 0 Å². The number of carboxylic acids is 2. The normalized spacial score (nSPS) is 21.9. The third-order valence-electron chi connectivity index (χ3n) is 8.12. The summed E-state index contributed by atoms with van der Waals surface area (Å²) in [7, 11) is 2.84. The average molecular weight is 681 g/mol. The summed E-state index contributed by atoms with van der Waals surface area (Å²) >= 11 is 2.62. The molecule has 0 aromatic heterocycles. The summed E-state index contributed by atoms with van der Waals surface area (Å²) in [4.78, 5) is 54.4. The van der Waals surface area contributed by atoms with Gasteiger partial charge in [0.05, 0.1) is 5.41 Å². The molecule has 4 N–H and O–H groups in total. The van der Waals surface area contributed by atoms with Gasteiger partial charge >= 0.3 is 11.9 Å². The second-order valence-corrected chi connectivity index (χ2v) is 15.3. The molecule has 14 heteroatoms. The molecule has 2 aromatic carbocycles. The Kier molecular flexibility index (Phi) is 11.7. The number of amides is 2. The van der Waals surface area contributed by atoms with Crippen LogP contribution in [0.15, 0.2) is 48.5 Å². The van der Waals surface area contributed by atoms with Gasteiger partial charge in [-0.1, -0.05) is 71.8 Å². The number of carbonyl (C=O) groups is 4. The maximum absolute atomic E-state index is 14.2. The summed E-state index contributed by atoms with van der Waals surface area (Å²) in [5.74, 6) is -1.60. The van der Waals surface area contributed by atoms with E-state index < -0.39 is 40.2 Å². The summed E-state index contributed by atoms with van der Waals surface area (Å²) in [6.45, 7) is 3.81. The van der Waals surface area contributed by atoms with Gasteiger partial charge in [-0.05, 0) is 25.0 Å². The fourth-order valence-corrected chi connectivity index (χ4v) is 11.0. The van der Waals surface area contributed by atoms with Crippen LogP contribution in [-0.2, 0) is 19.2 Å². The lowest BCUT2D eigenvalue weighted by atomic mass is 9.82. The molecule has 44 heavy (non-hydrogen) atoms. The molecule has 2 amide bonds. The monoisotopic (exact) mass is 680 g/mol. The van der Waals surface area contributed by atoms with Gasteiger partial charge in [0.25, 0.3) is 0 Å². The first-order valence-corrected chi connectivity index (χ1v) is 18.8. The minimum atomic E-state index is -1.10. The van der Waals surface area contributed by atoms with Crippen LogP contribution in [-0.4, -0.2) is 89.1 Å². The Morgan fingerprint density at radius 1 is 0.795 bits per heavy atom. The van der Waals surface area contributed by atoms with Crippen molar-refractivity contribution in [3.63, 3.8) is 0 Å². The van der Waals surface area contributed by atoms with Crippen molar-refractivity contribution in [2.24, 2.45) is 5.41 Å². The number of benzene rings is 2. The Morgan fingerprint density at radius 2 is 1.27 bits per heavy atom. The lowest BCUT2D eigenvalue weighted by molar-refractivity contribution is -0.154. The second-order valence-electron chi connectivity index (χ2n) is 10.5. The lowest BCUT2D eigenvalue weighted by Gasteiger charge is -2.38. The van der Waals surface area contributed by atoms with Crippen LogP contribution in [0.4, 0.5) is 0 Å². The quantitative estimate of drug-likeness (QED) is 0.157. The zero-order valence-electron chi connectivity index (χ0n) is 24.3. The minimum absolute atomic E-state index is 0.00478. The van der Waals surface area contributed by atoms with Gasteiger partial charge in [0, 0.05) is 40.6 Å². The number of carbonyl (C=O) groups excluding carboxylic acids is 2. The topological polar surface area (TPSA) is 156 Å². The number of aromatic hydroxyl groups is 2. The molecule has 4 atom stereocenters. The van der Waals surface area contributed by atoms with Gasteiger partial charge in [-0.25, -0.2) is 9.59 Å². The molecular weight excluding hydrogens is 645 g/mol. The van der Waals surface area contributed by atoms with Crippen LogP contribution in [0.2, 0.25) is 0 Å². The number of hydrogen-bond acceptors (Lipinski definition) is 10. The van der Waals surface area contributed by atoms with Gasteiger partial charge in [0.1, 0.15) is 34.3 Å². The van der Waals surface area contributed by atoms with Crippen molar-refractivity contribution in [3.05, 3.63) is 59.7 Å². The predicted molar refractivity (Wildman–Crippen MR) is 176 cm³/mol. The minimum Gasteiger partial charge on any atom is -0.508 e. The SMILES string of the molecule is CCC(CC)(CSSCCC(=O)N1C(c2ccccc2O)SC[C@H]1C(=O)O)C(=O)N1C(c2ccccc2O)SC[C@H]1C(=O)O. The van der Waals surface area contributed by atoms with Gasteiger partial charge < -0.3 is 30.2 Å². The highest BCUT2D eigenvalue weighted by atomic mass is 33.1. The molecule has 2 aliphatic heterocycles. The van der Waals surface area contributed by atoms with E-state index in [2.05, 4.69) is 0 Å². The van der Waals surface area contributed by atoms with Crippen molar-refractivity contribution in [1.82, 2.24) is 9.80 Å². The van der Waals surface area contributed by atoms with Gasteiger partial charge in [-0.3, -0.25) is 9.59 Å². The van der Waals surface area contributed by atoms with Crippen molar-refractivity contribution in [3.8, 4) is 11.5 Å². The van der Waals surface area contributed by atoms with Crippen molar-refractivity contribution in [1.29, 1.82) is 0 Å². The number of rotatable bonds is 13. The number of hydrogen-bond donors (Lipinski definition) is 4. The molecule has 2 aliphatic rings. The molecule has 2 heterocycles. The van der Waals surface area contributed by atoms with Crippen molar-refractivity contribution >= 4 is 68.9 Å². The first-order chi connectivity index (χ1) is 21.1. The van der Waals surface area contributed by atoms with E-state index in [9.17, 15) is 39.6 Å². The average Bonchev–Trinajstić information content (AvgIpc) is 3.65. The zero-order valence-corrected chi connectivity index (χ0v) is 27.6. The van der Waals surface area contributed by atoms with E-state index in [0.29, 0.717) is 35.5 Å². The number of phenols is 2. The number of para-hydroxylation sites is 2. The number of thioether (sulfide) groups is 2. The van der Waals surface area contributed by atoms with Crippen LogP contribution in [0.5, 0.6) is 11.5 Å². The van der Waals surface area contributed by atoms with Crippen molar-refractivity contribution < 1.29 is 39.6 Å². The first kappa shape index (κ1) is 34.2. The summed E-state index contributed by atoms with van der Waals surface area (Å²) in [5.41, 5.74) is 0.129. The molecule has 0 aliphatic carbocycles. The predicted octanol–water partition coefficient (Wildman–Crippen LogP) is 5.43. The molecule has 2 saturated heterocycles. The van der Waals surface area contributed by atoms with E-state index >= 15 is 0 Å². The molecule has 0 spiro atoms. The molecule has 0 radical (unpaired) electrons. The molecule has 4 rings (SSSR count). The van der Waals surface area contributed by atoms with E-state index in [-0.39, 0.29) is 41.2 Å². The van der Waals surface area contributed by atoms with Crippen LogP contribution in [0.25, 0.3) is 0 Å². The van der Waals surface area contributed by atoms with E-state index in [4.69, 9.17) is 0 Å². The van der Waals surface area contributed by atoms with Gasteiger partial charge in [-0.2, -0.15) is 0 Å². The van der Waals surface area contributed by atoms with E-state index in [1.807, 2.05) is 13.8 Å². The third-order valence-corrected chi connectivity index (χ3v) is 13.3. The molecule has 2 fully saturated rings. The highest BCUT2D eigenvalue weighted by Gasteiger charge is 2.49. The maximum atomic E-state index is 14.2. The second kappa shape index (κ2) is 15.1. The lowest BCUT2D eigenvalue weighted by Crippen LogP contribution is -2.50. The van der Waals surface area contributed by atoms with Gasteiger partial charge in [-0.15, -0.1) is 23.5 Å². The van der Waals surface area contributed by atoms with E-state index in [1.165, 1.54) is 67.0 Å². The van der Waals surface area contributed by atoms with Gasteiger partial charge in [0.15, 0.2) is 0 Å². The summed E-state index contributed by atoms with van der Waals surface area (Å²) in [6.07, 6.45) is 1.03. The number of carboxylic acid groups (broad SMARTS) is 2. The Balaban J connectivity index is 1.42. The molecule has 0 saturated carbocycles. The fraction of sp³-hybridized carbons (Fsp3) is 0.467. The summed E-state index contributed by atoms with van der Waals surface area (Å²) < 4.78 is 0.